The minimum atomic E-state index is -0.391. The number of nitrogens with one attached hydrogen (secondary N) is 1. The molecule has 140 valence electrons. The Hall–Kier alpha value is -3.74. The van der Waals surface area contributed by atoms with Gasteiger partial charge in [-0.15, -0.1) is 0 Å². The van der Waals surface area contributed by atoms with Gasteiger partial charge in [-0.05, 0) is 24.1 Å². The lowest BCUT2D eigenvalue weighted by molar-refractivity contribution is -0.383. The van der Waals surface area contributed by atoms with Crippen LogP contribution in [0.5, 0.6) is 0 Å². The van der Waals surface area contributed by atoms with E-state index in [1.807, 2.05) is 35.9 Å². The van der Waals surface area contributed by atoms with E-state index in [4.69, 9.17) is 0 Å². The molecule has 0 spiro atoms. The lowest BCUT2D eigenvalue weighted by Gasteiger charge is -2.12. The number of nitro groups is 1. The van der Waals surface area contributed by atoms with Crippen molar-refractivity contribution < 1.29 is 4.92 Å². The number of nitrogens with zero attached hydrogens (tertiary/aromatic N) is 4. The van der Waals surface area contributed by atoms with E-state index in [1.54, 1.807) is 18.6 Å². The highest BCUT2D eigenvalue weighted by molar-refractivity contribution is 5.96. The van der Waals surface area contributed by atoms with Crippen LogP contribution in [0.25, 0.3) is 10.9 Å². The van der Waals surface area contributed by atoms with Crippen LogP contribution in [-0.2, 0) is 13.1 Å². The zero-order chi connectivity index (χ0) is 19.5. The van der Waals surface area contributed by atoms with Crippen LogP contribution in [0.15, 0.2) is 67.3 Å². The largest absolute Gasteiger partial charge is 0.380 e. The van der Waals surface area contributed by atoms with E-state index in [1.165, 1.54) is 11.6 Å². The third-order valence-corrected chi connectivity index (χ3v) is 4.54. The van der Waals surface area contributed by atoms with Crippen molar-refractivity contribution in [1.29, 1.82) is 0 Å². The number of hydrogen-bond acceptors (Lipinski definition) is 5. The van der Waals surface area contributed by atoms with Gasteiger partial charge in [0.25, 0.3) is 5.69 Å². The molecule has 0 radical (unpaired) electrons. The van der Waals surface area contributed by atoms with Crippen LogP contribution in [0.3, 0.4) is 0 Å². The molecular formula is C21H19N5O2. The number of nitro benzene ring substituents is 1. The number of benzene rings is 2. The summed E-state index contributed by atoms with van der Waals surface area (Å²) in [5, 5.41) is 15.5. The maximum atomic E-state index is 11.3. The number of anilines is 1. The SMILES string of the molecule is Cc1cc(NCc2cccc(Cn3ccnc3)c2)c2cccc([N+](=O)[O-])c2n1. The van der Waals surface area contributed by atoms with Crippen molar-refractivity contribution >= 4 is 22.3 Å². The van der Waals surface area contributed by atoms with E-state index in [0.717, 1.165) is 28.9 Å². The molecule has 0 aliphatic carbocycles. The fourth-order valence-electron chi connectivity index (χ4n) is 3.28. The number of hydrogen-bond donors (Lipinski definition) is 1. The topological polar surface area (TPSA) is 85.9 Å². The molecule has 0 amide bonds. The molecule has 2 aromatic carbocycles. The standard InChI is InChI=1S/C21H19N5O2/c1-15-10-19(18-6-3-7-20(26(27)28)21(18)24-15)23-12-16-4-2-5-17(11-16)13-25-9-8-22-14-25/h2-11,14H,12-13H2,1H3,(H,23,24). The smallest absolute Gasteiger partial charge is 0.295 e. The van der Waals surface area contributed by atoms with Gasteiger partial charge < -0.3 is 9.88 Å². The van der Waals surface area contributed by atoms with Crippen molar-refractivity contribution in [2.75, 3.05) is 5.32 Å². The summed E-state index contributed by atoms with van der Waals surface area (Å²) in [4.78, 5) is 19.4. The van der Waals surface area contributed by atoms with Crippen LogP contribution >= 0.6 is 0 Å². The summed E-state index contributed by atoms with van der Waals surface area (Å²) in [5.74, 6) is 0. The van der Waals surface area contributed by atoms with Gasteiger partial charge in [0, 0.05) is 48.3 Å². The Morgan fingerprint density at radius 2 is 1.96 bits per heavy atom. The number of rotatable bonds is 6. The molecule has 28 heavy (non-hydrogen) atoms. The first-order valence-electron chi connectivity index (χ1n) is 8.92. The molecule has 0 aliphatic rings. The van der Waals surface area contributed by atoms with Crippen molar-refractivity contribution in [3.8, 4) is 0 Å². The summed E-state index contributed by atoms with van der Waals surface area (Å²) in [6, 6.07) is 15.3. The number of imidazole rings is 1. The van der Waals surface area contributed by atoms with Gasteiger partial charge in [-0.25, -0.2) is 9.97 Å². The lowest BCUT2D eigenvalue weighted by atomic mass is 10.1. The second kappa shape index (κ2) is 7.48. The molecule has 7 heteroatoms. The average molecular weight is 373 g/mol. The first-order valence-corrected chi connectivity index (χ1v) is 8.92. The molecule has 0 saturated heterocycles. The molecule has 4 aromatic rings. The fourth-order valence-corrected chi connectivity index (χ4v) is 3.28. The van der Waals surface area contributed by atoms with Gasteiger partial charge in [0.2, 0.25) is 0 Å². The summed E-state index contributed by atoms with van der Waals surface area (Å²) < 4.78 is 2.02. The van der Waals surface area contributed by atoms with E-state index in [9.17, 15) is 10.1 Å². The van der Waals surface area contributed by atoms with E-state index in [-0.39, 0.29) is 5.69 Å². The molecule has 0 saturated carbocycles. The molecule has 1 N–H and O–H groups in total. The van der Waals surface area contributed by atoms with Crippen LogP contribution in [-0.4, -0.2) is 19.5 Å². The Balaban J connectivity index is 1.59. The zero-order valence-electron chi connectivity index (χ0n) is 15.4. The summed E-state index contributed by atoms with van der Waals surface area (Å²) in [5.41, 5.74) is 4.31. The first kappa shape index (κ1) is 17.7. The van der Waals surface area contributed by atoms with Gasteiger partial charge in [-0.2, -0.15) is 0 Å². The van der Waals surface area contributed by atoms with Crippen molar-refractivity contribution in [3.05, 3.63) is 94.2 Å². The normalized spacial score (nSPS) is 10.9. The van der Waals surface area contributed by atoms with Crippen LogP contribution in [0, 0.1) is 17.0 Å². The number of aromatic nitrogens is 3. The first-order chi connectivity index (χ1) is 13.6. The third kappa shape index (κ3) is 3.68. The molecule has 0 fully saturated rings. The third-order valence-electron chi connectivity index (χ3n) is 4.54. The molecule has 2 heterocycles. The monoisotopic (exact) mass is 373 g/mol. The van der Waals surface area contributed by atoms with Crippen molar-refractivity contribution in [2.45, 2.75) is 20.0 Å². The van der Waals surface area contributed by atoms with E-state index >= 15 is 0 Å². The molecule has 7 nitrogen and oxygen atoms in total. The molecule has 2 aromatic heterocycles. The number of fused-ring (bicyclic) bond motifs is 1. The van der Waals surface area contributed by atoms with Gasteiger partial charge in [0.15, 0.2) is 5.52 Å². The van der Waals surface area contributed by atoms with Gasteiger partial charge >= 0.3 is 0 Å². The van der Waals surface area contributed by atoms with E-state index in [0.29, 0.717) is 12.1 Å². The average Bonchev–Trinajstić information content (AvgIpc) is 3.18. The highest BCUT2D eigenvalue weighted by Crippen LogP contribution is 2.30. The van der Waals surface area contributed by atoms with E-state index in [2.05, 4.69) is 33.5 Å². The number of non-ortho nitro benzene ring substituents is 1. The number of pyridine rings is 1. The molecule has 4 rings (SSSR count). The summed E-state index contributed by atoms with van der Waals surface area (Å²) in [6.45, 7) is 3.21. The van der Waals surface area contributed by atoms with Crippen LogP contribution in [0.4, 0.5) is 11.4 Å². The summed E-state index contributed by atoms with van der Waals surface area (Å²) >= 11 is 0. The van der Waals surface area contributed by atoms with Crippen LogP contribution in [0.1, 0.15) is 16.8 Å². The van der Waals surface area contributed by atoms with Gasteiger partial charge in [-0.1, -0.05) is 36.4 Å². The molecule has 0 atom stereocenters. The molecule has 0 unspecified atom stereocenters. The Labute approximate surface area is 161 Å². The van der Waals surface area contributed by atoms with Crippen LogP contribution in [0.2, 0.25) is 0 Å². The second-order valence-corrected chi connectivity index (χ2v) is 6.65. The molecular weight excluding hydrogens is 354 g/mol. The highest BCUT2D eigenvalue weighted by atomic mass is 16.6. The maximum Gasteiger partial charge on any atom is 0.295 e. The van der Waals surface area contributed by atoms with E-state index < -0.39 is 4.92 Å². The Bertz CT molecular complexity index is 1140. The minimum Gasteiger partial charge on any atom is -0.380 e. The summed E-state index contributed by atoms with van der Waals surface area (Å²) in [6.07, 6.45) is 5.49. The maximum absolute atomic E-state index is 11.3. The molecule has 0 bridgehead atoms. The van der Waals surface area contributed by atoms with Gasteiger partial charge in [-0.3, -0.25) is 10.1 Å². The Morgan fingerprint density at radius 3 is 2.75 bits per heavy atom. The van der Waals surface area contributed by atoms with Crippen LogP contribution < -0.4 is 5.32 Å². The number of para-hydroxylation sites is 1. The van der Waals surface area contributed by atoms with Crippen molar-refractivity contribution in [2.24, 2.45) is 0 Å². The van der Waals surface area contributed by atoms with Gasteiger partial charge in [0.05, 0.1) is 11.3 Å². The lowest BCUT2D eigenvalue weighted by Crippen LogP contribution is -2.03. The Morgan fingerprint density at radius 1 is 1.14 bits per heavy atom. The zero-order valence-corrected chi connectivity index (χ0v) is 15.4. The predicted octanol–water partition coefficient (Wildman–Crippen LogP) is 4.31. The Kier molecular flexibility index (Phi) is 4.72. The summed E-state index contributed by atoms with van der Waals surface area (Å²) in [7, 11) is 0. The fraction of sp³-hybridized carbons (Fsp3) is 0.143. The van der Waals surface area contributed by atoms with Crippen molar-refractivity contribution in [3.63, 3.8) is 0 Å². The number of aryl methyl sites for hydroxylation is 1. The van der Waals surface area contributed by atoms with Crippen molar-refractivity contribution in [1.82, 2.24) is 14.5 Å². The van der Waals surface area contributed by atoms with Gasteiger partial charge in [0.1, 0.15) is 0 Å². The predicted molar refractivity (Wildman–Crippen MR) is 108 cm³/mol. The highest BCUT2D eigenvalue weighted by Gasteiger charge is 2.15. The molecule has 0 aliphatic heterocycles. The minimum absolute atomic E-state index is 0.0200. The quantitative estimate of drug-likeness (QED) is 0.402. The second-order valence-electron chi connectivity index (χ2n) is 6.65.